The van der Waals surface area contributed by atoms with Crippen molar-refractivity contribution in [3.05, 3.63) is 11.7 Å². The molecule has 0 aliphatic heterocycles. The first-order valence-corrected chi connectivity index (χ1v) is 5.44. The molecule has 96 valence electrons. The van der Waals surface area contributed by atoms with Crippen LogP contribution in [0.15, 0.2) is 4.52 Å². The topological polar surface area (TPSA) is 88.3 Å². The van der Waals surface area contributed by atoms with Crippen molar-refractivity contribution in [2.24, 2.45) is 0 Å². The van der Waals surface area contributed by atoms with Gasteiger partial charge < -0.3 is 9.63 Å². The van der Waals surface area contributed by atoms with Gasteiger partial charge in [-0.3, -0.25) is 10.1 Å². The molecular formula is C11H19N3O3. The van der Waals surface area contributed by atoms with Crippen LogP contribution in [0.25, 0.3) is 0 Å². The van der Waals surface area contributed by atoms with Crippen LogP contribution in [0.5, 0.6) is 0 Å². The van der Waals surface area contributed by atoms with Crippen molar-refractivity contribution in [3.63, 3.8) is 0 Å². The van der Waals surface area contributed by atoms with E-state index >= 15 is 0 Å². The summed E-state index contributed by atoms with van der Waals surface area (Å²) in [5.74, 6) is 0.0868. The molecular weight excluding hydrogens is 222 g/mol. The average Bonchev–Trinajstić information content (AvgIpc) is 2.62. The third-order valence-corrected chi connectivity index (χ3v) is 2.33. The third kappa shape index (κ3) is 3.52. The Balaban J connectivity index is 2.66. The van der Waals surface area contributed by atoms with Crippen molar-refractivity contribution in [2.45, 2.75) is 52.1 Å². The first kappa shape index (κ1) is 13.6. The zero-order valence-electron chi connectivity index (χ0n) is 10.9. The largest absolute Gasteiger partial charge is 0.480 e. The molecule has 0 spiro atoms. The minimum absolute atomic E-state index is 0.201. The van der Waals surface area contributed by atoms with Gasteiger partial charge in [0.05, 0.1) is 6.54 Å². The van der Waals surface area contributed by atoms with Crippen molar-refractivity contribution in [1.29, 1.82) is 0 Å². The second-order valence-corrected chi connectivity index (χ2v) is 5.55. The predicted molar refractivity (Wildman–Crippen MR) is 61.6 cm³/mol. The molecule has 6 nitrogen and oxygen atoms in total. The molecule has 1 rings (SSSR count). The monoisotopic (exact) mass is 241 g/mol. The Kier molecular flexibility index (Phi) is 3.56. The van der Waals surface area contributed by atoms with Crippen LogP contribution in [0.1, 0.15) is 46.3 Å². The molecule has 0 aliphatic rings. The van der Waals surface area contributed by atoms with Crippen molar-refractivity contribution < 1.29 is 14.4 Å². The van der Waals surface area contributed by atoms with Crippen LogP contribution in [0.3, 0.4) is 0 Å². The third-order valence-electron chi connectivity index (χ3n) is 2.33. The van der Waals surface area contributed by atoms with Crippen molar-refractivity contribution in [2.75, 3.05) is 0 Å². The van der Waals surface area contributed by atoms with Crippen LogP contribution < -0.4 is 5.32 Å². The minimum Gasteiger partial charge on any atom is -0.480 e. The lowest BCUT2D eigenvalue weighted by molar-refractivity contribution is -0.143. The van der Waals surface area contributed by atoms with Crippen LogP contribution in [0, 0.1) is 0 Å². The highest BCUT2D eigenvalue weighted by molar-refractivity contribution is 5.77. The van der Waals surface area contributed by atoms with Gasteiger partial charge in [0.2, 0.25) is 5.89 Å². The van der Waals surface area contributed by atoms with Gasteiger partial charge >= 0.3 is 5.97 Å². The van der Waals surface area contributed by atoms with Crippen molar-refractivity contribution in [1.82, 2.24) is 15.5 Å². The summed E-state index contributed by atoms with van der Waals surface area (Å²) in [6, 6.07) is 0. The summed E-state index contributed by atoms with van der Waals surface area (Å²) in [5, 5.41) is 15.6. The van der Waals surface area contributed by atoms with Crippen LogP contribution in [0.2, 0.25) is 0 Å². The van der Waals surface area contributed by atoms with Gasteiger partial charge in [0.1, 0.15) is 5.54 Å². The Morgan fingerprint density at radius 3 is 2.35 bits per heavy atom. The fraction of sp³-hybridized carbons (Fsp3) is 0.727. The van der Waals surface area contributed by atoms with E-state index in [2.05, 4.69) is 15.5 Å². The summed E-state index contributed by atoms with van der Waals surface area (Å²) in [7, 11) is 0. The van der Waals surface area contributed by atoms with Crippen LogP contribution >= 0.6 is 0 Å². The summed E-state index contributed by atoms with van der Waals surface area (Å²) in [6.07, 6.45) is 0. The average molecular weight is 241 g/mol. The molecule has 0 bridgehead atoms. The summed E-state index contributed by atoms with van der Waals surface area (Å²) in [4.78, 5) is 15.1. The minimum atomic E-state index is -1.01. The second kappa shape index (κ2) is 4.44. The Morgan fingerprint density at radius 1 is 1.35 bits per heavy atom. The number of hydrogen-bond acceptors (Lipinski definition) is 5. The summed E-state index contributed by atoms with van der Waals surface area (Å²) in [6.45, 7) is 9.34. The summed E-state index contributed by atoms with van der Waals surface area (Å²) in [5.41, 5.74) is -1.21. The fourth-order valence-corrected chi connectivity index (χ4v) is 1.01. The Bertz CT molecular complexity index is 404. The molecule has 0 amide bonds. The highest BCUT2D eigenvalue weighted by atomic mass is 16.5. The van der Waals surface area contributed by atoms with Crippen molar-refractivity contribution >= 4 is 5.97 Å². The number of nitrogens with zero attached hydrogens (tertiary/aromatic N) is 2. The van der Waals surface area contributed by atoms with E-state index in [1.165, 1.54) is 0 Å². The number of hydrogen-bond donors (Lipinski definition) is 2. The highest BCUT2D eigenvalue weighted by Crippen LogP contribution is 2.19. The summed E-state index contributed by atoms with van der Waals surface area (Å²) >= 11 is 0. The Hall–Kier alpha value is -1.43. The van der Waals surface area contributed by atoms with Crippen LogP contribution in [-0.4, -0.2) is 26.8 Å². The number of carbonyl (C=O) groups is 1. The molecule has 2 N–H and O–H groups in total. The SMILES string of the molecule is CC(C)(NCc1noc(C(C)(C)C)n1)C(=O)O. The van der Waals surface area contributed by atoms with Gasteiger partial charge in [-0.1, -0.05) is 25.9 Å². The van der Waals surface area contributed by atoms with Gasteiger partial charge in [0.15, 0.2) is 5.82 Å². The van der Waals surface area contributed by atoms with Gasteiger partial charge in [-0.15, -0.1) is 0 Å². The molecule has 0 saturated carbocycles. The first-order chi connectivity index (χ1) is 7.63. The number of nitrogens with one attached hydrogen (secondary N) is 1. The molecule has 6 heteroatoms. The Morgan fingerprint density at radius 2 is 1.94 bits per heavy atom. The molecule has 1 aromatic rings. The molecule has 0 unspecified atom stereocenters. The molecule has 0 fully saturated rings. The van der Waals surface area contributed by atoms with E-state index in [4.69, 9.17) is 9.63 Å². The molecule has 0 saturated heterocycles. The number of aromatic nitrogens is 2. The molecule has 0 radical (unpaired) electrons. The van der Waals surface area contributed by atoms with E-state index in [9.17, 15) is 4.79 Å². The van der Waals surface area contributed by atoms with Crippen LogP contribution in [0.4, 0.5) is 0 Å². The van der Waals surface area contributed by atoms with E-state index in [1.54, 1.807) is 13.8 Å². The van der Waals surface area contributed by atoms with Gasteiger partial charge in [0, 0.05) is 5.41 Å². The number of rotatable bonds is 4. The smallest absolute Gasteiger partial charge is 0.323 e. The van der Waals surface area contributed by atoms with Gasteiger partial charge in [-0.2, -0.15) is 4.98 Å². The molecule has 17 heavy (non-hydrogen) atoms. The fourth-order valence-electron chi connectivity index (χ4n) is 1.01. The molecule has 0 aromatic carbocycles. The second-order valence-electron chi connectivity index (χ2n) is 5.55. The molecule has 1 aromatic heterocycles. The van der Waals surface area contributed by atoms with Gasteiger partial charge in [0.25, 0.3) is 0 Å². The van der Waals surface area contributed by atoms with E-state index < -0.39 is 11.5 Å². The molecule has 0 aliphatic carbocycles. The lowest BCUT2D eigenvalue weighted by atomic mass is 9.97. The standard InChI is InChI=1S/C11H19N3O3/c1-10(2,3)8-13-7(14-17-8)6-12-11(4,5)9(15)16/h12H,6H2,1-5H3,(H,15,16). The van der Waals surface area contributed by atoms with E-state index in [-0.39, 0.29) is 12.0 Å². The van der Waals surface area contributed by atoms with Crippen molar-refractivity contribution in [3.8, 4) is 0 Å². The molecule has 0 atom stereocenters. The maximum absolute atomic E-state index is 10.9. The van der Waals surface area contributed by atoms with E-state index in [0.717, 1.165) is 0 Å². The lowest BCUT2D eigenvalue weighted by Crippen LogP contribution is -2.46. The molecule has 1 heterocycles. The number of carboxylic acid groups (broad SMARTS) is 1. The van der Waals surface area contributed by atoms with E-state index in [0.29, 0.717) is 11.7 Å². The van der Waals surface area contributed by atoms with Gasteiger partial charge in [-0.25, -0.2) is 0 Å². The Labute approximate surface area is 100 Å². The highest BCUT2D eigenvalue weighted by Gasteiger charge is 2.27. The number of aliphatic carboxylic acids is 1. The van der Waals surface area contributed by atoms with Crippen LogP contribution in [-0.2, 0) is 16.8 Å². The van der Waals surface area contributed by atoms with Gasteiger partial charge in [-0.05, 0) is 13.8 Å². The quantitative estimate of drug-likeness (QED) is 0.826. The number of carboxylic acids is 1. The predicted octanol–water partition coefficient (Wildman–Crippen LogP) is 1.32. The maximum Gasteiger partial charge on any atom is 0.323 e. The normalized spacial score (nSPS) is 12.8. The summed E-state index contributed by atoms with van der Waals surface area (Å²) < 4.78 is 5.11. The lowest BCUT2D eigenvalue weighted by Gasteiger charge is -2.19. The van der Waals surface area contributed by atoms with E-state index in [1.807, 2.05) is 20.8 Å². The first-order valence-electron chi connectivity index (χ1n) is 5.44. The maximum atomic E-state index is 10.9. The zero-order valence-corrected chi connectivity index (χ0v) is 10.9. The zero-order chi connectivity index (χ0) is 13.3.